The van der Waals surface area contributed by atoms with Gasteiger partial charge in [-0.05, 0) is 43.4 Å². The summed E-state index contributed by atoms with van der Waals surface area (Å²) >= 11 is 0. The molecule has 1 aromatic carbocycles. The smallest absolute Gasteiger partial charge is 0.239 e. The topological polar surface area (TPSA) is 42.0 Å². The van der Waals surface area contributed by atoms with E-state index in [1.165, 1.54) is 0 Å². The van der Waals surface area contributed by atoms with Gasteiger partial charge in [0.15, 0.2) is 11.5 Å². The van der Waals surface area contributed by atoms with Crippen molar-refractivity contribution in [3.8, 4) is 11.5 Å². The molecule has 0 radical (unpaired) electrons. The van der Waals surface area contributed by atoms with Gasteiger partial charge in [0.1, 0.15) is 0 Å². The molecule has 5 heteroatoms. The second kappa shape index (κ2) is 7.65. The summed E-state index contributed by atoms with van der Waals surface area (Å²) in [5, 5.41) is 0. The number of ether oxygens (including phenoxy) is 2. The maximum atomic E-state index is 12.6. The average molecular weight is 346 g/mol. The second-order valence-electron chi connectivity index (χ2n) is 7.62. The van der Waals surface area contributed by atoms with Crippen molar-refractivity contribution in [2.75, 3.05) is 26.8 Å². The number of amides is 1. The molecular formula is C20H30N2O3. The number of carbonyl (C=O) groups is 1. The van der Waals surface area contributed by atoms with E-state index in [2.05, 4.69) is 29.7 Å². The van der Waals surface area contributed by atoms with Crippen molar-refractivity contribution in [2.24, 2.45) is 5.92 Å². The monoisotopic (exact) mass is 346 g/mol. The van der Waals surface area contributed by atoms with Gasteiger partial charge >= 0.3 is 0 Å². The molecule has 0 aliphatic carbocycles. The first kappa shape index (κ1) is 18.1. The fraction of sp³-hybridized carbons (Fsp3) is 0.650. The lowest BCUT2D eigenvalue weighted by atomic mass is 10.1. The van der Waals surface area contributed by atoms with Gasteiger partial charge in [0.2, 0.25) is 5.91 Å². The van der Waals surface area contributed by atoms with Gasteiger partial charge in [-0.2, -0.15) is 0 Å². The van der Waals surface area contributed by atoms with Crippen LogP contribution >= 0.6 is 0 Å². The van der Waals surface area contributed by atoms with E-state index in [0.29, 0.717) is 18.6 Å². The van der Waals surface area contributed by atoms with Gasteiger partial charge in [-0.15, -0.1) is 0 Å². The number of nitrogens with zero attached hydrogens (tertiary/aromatic N) is 2. The molecule has 2 aliphatic heterocycles. The van der Waals surface area contributed by atoms with Crippen molar-refractivity contribution < 1.29 is 14.3 Å². The maximum absolute atomic E-state index is 12.6. The molecule has 1 aromatic rings. The molecule has 0 saturated carbocycles. The number of piperazine rings is 1. The Labute approximate surface area is 150 Å². The molecule has 2 saturated heterocycles. The van der Waals surface area contributed by atoms with Crippen LogP contribution in [-0.4, -0.2) is 54.6 Å². The zero-order valence-corrected chi connectivity index (χ0v) is 15.8. The fourth-order valence-corrected chi connectivity index (χ4v) is 3.76. The largest absolute Gasteiger partial charge is 0.493 e. The summed E-state index contributed by atoms with van der Waals surface area (Å²) in [6.07, 6.45) is 2.26. The summed E-state index contributed by atoms with van der Waals surface area (Å²) in [4.78, 5) is 16.9. The molecule has 0 aromatic heterocycles. The molecule has 2 atom stereocenters. The lowest BCUT2D eigenvalue weighted by Crippen LogP contribution is -2.58. The minimum atomic E-state index is -0.0581. The number of methoxy groups -OCH3 is 1. The molecule has 0 unspecified atom stereocenters. The standard InChI is InChI=1S/C20H30N2O3/c1-14(2)13-25-18-8-7-16(10-19(18)24-4)11-21-12-17-6-5-9-22(17)20(23)15(21)3/h7-8,10,14-15,17H,5-6,9,11-13H2,1-4H3/t15-,17+/m0/s1. The van der Waals surface area contributed by atoms with Crippen LogP contribution in [0.25, 0.3) is 0 Å². The van der Waals surface area contributed by atoms with Gasteiger partial charge < -0.3 is 14.4 Å². The first-order valence-electron chi connectivity index (χ1n) is 9.34. The highest BCUT2D eigenvalue weighted by Crippen LogP contribution is 2.31. The number of rotatable bonds is 6. The molecule has 3 rings (SSSR count). The minimum Gasteiger partial charge on any atom is -0.493 e. The molecule has 2 fully saturated rings. The molecule has 25 heavy (non-hydrogen) atoms. The molecule has 2 heterocycles. The lowest BCUT2D eigenvalue weighted by molar-refractivity contribution is -0.143. The summed E-state index contributed by atoms with van der Waals surface area (Å²) < 4.78 is 11.3. The first-order valence-corrected chi connectivity index (χ1v) is 9.34. The van der Waals surface area contributed by atoms with Crippen molar-refractivity contribution in [2.45, 2.75) is 52.2 Å². The van der Waals surface area contributed by atoms with E-state index in [4.69, 9.17) is 9.47 Å². The third kappa shape index (κ3) is 3.92. The van der Waals surface area contributed by atoms with Crippen LogP contribution in [0.2, 0.25) is 0 Å². The van der Waals surface area contributed by atoms with Crippen LogP contribution in [-0.2, 0) is 11.3 Å². The van der Waals surface area contributed by atoms with Gasteiger partial charge in [0.25, 0.3) is 0 Å². The van der Waals surface area contributed by atoms with Crippen LogP contribution in [0, 0.1) is 5.92 Å². The number of hydrogen-bond donors (Lipinski definition) is 0. The minimum absolute atomic E-state index is 0.0581. The van der Waals surface area contributed by atoms with Crippen LogP contribution in [0.5, 0.6) is 11.5 Å². The summed E-state index contributed by atoms with van der Waals surface area (Å²) in [6, 6.07) is 6.43. The quantitative estimate of drug-likeness (QED) is 0.794. The zero-order chi connectivity index (χ0) is 18.0. The highest BCUT2D eigenvalue weighted by atomic mass is 16.5. The fourth-order valence-electron chi connectivity index (χ4n) is 3.76. The Morgan fingerprint density at radius 3 is 2.80 bits per heavy atom. The summed E-state index contributed by atoms with van der Waals surface area (Å²) in [5.74, 6) is 2.29. The maximum Gasteiger partial charge on any atom is 0.239 e. The van der Waals surface area contributed by atoms with Crippen molar-refractivity contribution in [1.82, 2.24) is 9.80 Å². The Bertz CT molecular complexity index is 617. The zero-order valence-electron chi connectivity index (χ0n) is 15.8. The summed E-state index contributed by atoms with van der Waals surface area (Å²) in [5.41, 5.74) is 1.15. The van der Waals surface area contributed by atoms with Gasteiger partial charge in [0.05, 0.1) is 19.8 Å². The number of fused-ring (bicyclic) bond motifs is 1. The van der Waals surface area contributed by atoms with E-state index in [9.17, 15) is 4.79 Å². The van der Waals surface area contributed by atoms with Gasteiger partial charge in [-0.25, -0.2) is 0 Å². The number of benzene rings is 1. The Morgan fingerprint density at radius 1 is 1.28 bits per heavy atom. The van der Waals surface area contributed by atoms with Crippen LogP contribution in [0.4, 0.5) is 0 Å². The Morgan fingerprint density at radius 2 is 2.08 bits per heavy atom. The second-order valence-corrected chi connectivity index (χ2v) is 7.62. The number of hydrogen-bond acceptors (Lipinski definition) is 4. The van der Waals surface area contributed by atoms with E-state index in [1.807, 2.05) is 19.1 Å². The van der Waals surface area contributed by atoms with E-state index in [-0.39, 0.29) is 11.9 Å². The molecule has 1 amide bonds. The molecule has 0 N–H and O–H groups in total. The lowest BCUT2D eigenvalue weighted by Gasteiger charge is -2.41. The molecule has 5 nitrogen and oxygen atoms in total. The predicted molar refractivity (Wildman–Crippen MR) is 97.9 cm³/mol. The van der Waals surface area contributed by atoms with Crippen molar-refractivity contribution in [1.29, 1.82) is 0 Å². The molecular weight excluding hydrogens is 316 g/mol. The molecule has 2 aliphatic rings. The Hall–Kier alpha value is -1.75. The highest BCUT2D eigenvalue weighted by molar-refractivity contribution is 5.83. The van der Waals surface area contributed by atoms with E-state index in [0.717, 1.165) is 49.5 Å². The van der Waals surface area contributed by atoms with E-state index >= 15 is 0 Å². The van der Waals surface area contributed by atoms with Crippen LogP contribution in [0.1, 0.15) is 39.2 Å². The third-order valence-electron chi connectivity index (χ3n) is 5.20. The Balaban J connectivity index is 1.70. The van der Waals surface area contributed by atoms with Gasteiger partial charge in [-0.3, -0.25) is 9.69 Å². The normalized spacial score (nSPS) is 23.9. The SMILES string of the molecule is COc1cc(CN2C[C@H]3CCCN3C(=O)[C@@H]2C)ccc1OCC(C)C. The first-order chi connectivity index (χ1) is 12.0. The predicted octanol–water partition coefficient (Wildman–Crippen LogP) is 2.93. The van der Waals surface area contributed by atoms with Crippen LogP contribution < -0.4 is 9.47 Å². The van der Waals surface area contributed by atoms with E-state index in [1.54, 1.807) is 7.11 Å². The van der Waals surface area contributed by atoms with Crippen LogP contribution in [0.15, 0.2) is 18.2 Å². The van der Waals surface area contributed by atoms with Gasteiger partial charge in [0, 0.05) is 25.7 Å². The molecule has 138 valence electrons. The average Bonchev–Trinajstić information content (AvgIpc) is 3.06. The van der Waals surface area contributed by atoms with E-state index < -0.39 is 0 Å². The molecule has 0 bridgehead atoms. The highest BCUT2D eigenvalue weighted by Gasteiger charge is 2.40. The number of carbonyl (C=O) groups excluding carboxylic acids is 1. The van der Waals surface area contributed by atoms with Crippen molar-refractivity contribution >= 4 is 5.91 Å². The van der Waals surface area contributed by atoms with Crippen molar-refractivity contribution in [3.63, 3.8) is 0 Å². The summed E-state index contributed by atoms with van der Waals surface area (Å²) in [7, 11) is 1.67. The third-order valence-corrected chi connectivity index (χ3v) is 5.20. The van der Waals surface area contributed by atoms with Crippen LogP contribution in [0.3, 0.4) is 0 Å². The summed E-state index contributed by atoms with van der Waals surface area (Å²) in [6.45, 7) is 9.60. The molecule has 0 spiro atoms. The van der Waals surface area contributed by atoms with Crippen molar-refractivity contribution in [3.05, 3.63) is 23.8 Å². The van der Waals surface area contributed by atoms with Gasteiger partial charge in [-0.1, -0.05) is 19.9 Å². The Kier molecular flexibility index (Phi) is 5.52.